The number of nitrogens with zero attached hydrogens (tertiary/aromatic N) is 3. The van der Waals surface area contributed by atoms with E-state index in [4.69, 9.17) is 5.11 Å². The molecule has 0 aliphatic heterocycles. The summed E-state index contributed by atoms with van der Waals surface area (Å²) in [6.45, 7) is 3.10. The summed E-state index contributed by atoms with van der Waals surface area (Å²) in [5.74, 6) is -2.22. The topological polar surface area (TPSA) is 127 Å². The van der Waals surface area contributed by atoms with Gasteiger partial charge in [-0.05, 0) is 32.0 Å². The fraction of sp³-hybridized carbons (Fsp3) is 0.267. The van der Waals surface area contributed by atoms with E-state index >= 15 is 0 Å². The van der Waals surface area contributed by atoms with Gasteiger partial charge in [0.25, 0.3) is 11.6 Å². The number of benzene rings is 1. The van der Waals surface area contributed by atoms with Crippen LogP contribution < -0.4 is 5.32 Å². The van der Waals surface area contributed by atoms with Gasteiger partial charge in [0.15, 0.2) is 5.69 Å². The lowest BCUT2D eigenvalue weighted by atomic mass is 10.0. The lowest BCUT2D eigenvalue weighted by Gasteiger charge is -2.16. The molecular formula is C15H16N4O5. The third-order valence-electron chi connectivity index (χ3n) is 3.65. The number of amides is 1. The molecule has 2 rings (SSSR count). The molecule has 0 saturated heterocycles. The minimum atomic E-state index is -1.00. The van der Waals surface area contributed by atoms with Crippen LogP contribution in [-0.4, -0.2) is 37.7 Å². The van der Waals surface area contributed by atoms with Crippen LogP contribution in [0.25, 0.3) is 5.69 Å². The average Bonchev–Trinajstić information content (AvgIpc) is 3.04. The maximum absolute atomic E-state index is 12.1. The zero-order valence-electron chi connectivity index (χ0n) is 13.0. The van der Waals surface area contributed by atoms with Crippen LogP contribution in [-0.2, 0) is 4.79 Å². The van der Waals surface area contributed by atoms with Crippen molar-refractivity contribution in [3.8, 4) is 5.69 Å². The number of aliphatic carboxylic acids is 1. The number of hydrogen-bond donors (Lipinski definition) is 2. The second-order valence-corrected chi connectivity index (χ2v) is 5.31. The fourth-order valence-electron chi connectivity index (χ4n) is 1.94. The van der Waals surface area contributed by atoms with Crippen molar-refractivity contribution in [2.75, 3.05) is 0 Å². The number of carboxylic acid groups (broad SMARTS) is 1. The Bertz CT molecular complexity index is 768. The molecule has 1 heterocycles. The lowest BCUT2D eigenvalue weighted by Crippen LogP contribution is -2.40. The van der Waals surface area contributed by atoms with Crippen LogP contribution in [0.3, 0.4) is 0 Å². The number of nitrogens with one attached hydrogen (secondary N) is 1. The third-order valence-corrected chi connectivity index (χ3v) is 3.65. The van der Waals surface area contributed by atoms with Crippen LogP contribution in [0.1, 0.15) is 24.3 Å². The molecule has 24 heavy (non-hydrogen) atoms. The van der Waals surface area contributed by atoms with E-state index < -0.39 is 28.8 Å². The lowest BCUT2D eigenvalue weighted by molar-refractivity contribution is -0.384. The molecule has 2 aromatic rings. The van der Waals surface area contributed by atoms with Gasteiger partial charge >= 0.3 is 5.97 Å². The quantitative estimate of drug-likeness (QED) is 0.611. The van der Waals surface area contributed by atoms with Gasteiger partial charge in [0.1, 0.15) is 0 Å². The van der Waals surface area contributed by atoms with Crippen molar-refractivity contribution in [2.45, 2.75) is 19.9 Å². The molecule has 0 fully saturated rings. The normalized spacial score (nSPS) is 13.1. The zero-order valence-corrected chi connectivity index (χ0v) is 13.0. The molecule has 0 spiro atoms. The predicted octanol–water partition coefficient (Wildman–Crippen LogP) is 1.62. The van der Waals surface area contributed by atoms with Gasteiger partial charge in [-0.2, -0.15) is 5.10 Å². The Kier molecular flexibility index (Phi) is 4.93. The molecule has 1 aromatic heterocycles. The van der Waals surface area contributed by atoms with Crippen LogP contribution in [0.5, 0.6) is 0 Å². The molecule has 2 unspecified atom stereocenters. The SMILES string of the molecule is CC(NC(=O)c1ccn(-c2ccc([N+](=O)[O-])cc2)n1)C(C)C(=O)O. The van der Waals surface area contributed by atoms with Crippen molar-refractivity contribution in [3.05, 3.63) is 52.3 Å². The number of carbonyl (C=O) groups is 2. The summed E-state index contributed by atoms with van der Waals surface area (Å²) in [4.78, 5) is 33.1. The van der Waals surface area contributed by atoms with Crippen molar-refractivity contribution in [1.82, 2.24) is 15.1 Å². The first-order valence-corrected chi connectivity index (χ1v) is 7.13. The Morgan fingerprint density at radius 3 is 2.42 bits per heavy atom. The van der Waals surface area contributed by atoms with E-state index in [1.807, 2.05) is 0 Å². The largest absolute Gasteiger partial charge is 0.481 e. The summed E-state index contributed by atoms with van der Waals surface area (Å²) in [7, 11) is 0. The van der Waals surface area contributed by atoms with Gasteiger partial charge < -0.3 is 10.4 Å². The second-order valence-electron chi connectivity index (χ2n) is 5.31. The van der Waals surface area contributed by atoms with Gasteiger partial charge in [-0.15, -0.1) is 0 Å². The Hall–Kier alpha value is -3.23. The van der Waals surface area contributed by atoms with Gasteiger partial charge in [-0.1, -0.05) is 0 Å². The molecule has 0 radical (unpaired) electrons. The monoisotopic (exact) mass is 332 g/mol. The highest BCUT2D eigenvalue weighted by Crippen LogP contribution is 2.15. The molecule has 126 valence electrons. The van der Waals surface area contributed by atoms with Crippen molar-refractivity contribution in [1.29, 1.82) is 0 Å². The minimum absolute atomic E-state index is 0.0413. The molecule has 2 N–H and O–H groups in total. The van der Waals surface area contributed by atoms with Crippen molar-refractivity contribution in [2.24, 2.45) is 5.92 Å². The number of hydrogen-bond acceptors (Lipinski definition) is 5. The summed E-state index contributed by atoms with van der Waals surface area (Å²) >= 11 is 0. The Labute approximate surface area is 137 Å². The van der Waals surface area contributed by atoms with Crippen LogP contribution in [0, 0.1) is 16.0 Å². The molecule has 9 nitrogen and oxygen atoms in total. The Balaban J connectivity index is 2.11. The number of carbonyl (C=O) groups excluding carboxylic acids is 1. The molecule has 1 aromatic carbocycles. The van der Waals surface area contributed by atoms with E-state index in [-0.39, 0.29) is 11.4 Å². The maximum Gasteiger partial charge on any atom is 0.308 e. The van der Waals surface area contributed by atoms with Gasteiger partial charge in [0, 0.05) is 24.4 Å². The molecule has 1 amide bonds. The minimum Gasteiger partial charge on any atom is -0.481 e. The smallest absolute Gasteiger partial charge is 0.308 e. The number of aromatic nitrogens is 2. The highest BCUT2D eigenvalue weighted by Gasteiger charge is 2.22. The van der Waals surface area contributed by atoms with Gasteiger partial charge in [-0.25, -0.2) is 4.68 Å². The summed E-state index contributed by atoms with van der Waals surface area (Å²) < 4.78 is 1.41. The van der Waals surface area contributed by atoms with Crippen LogP contribution in [0.4, 0.5) is 5.69 Å². The molecular weight excluding hydrogens is 316 g/mol. The average molecular weight is 332 g/mol. The molecule has 2 atom stereocenters. The van der Waals surface area contributed by atoms with Crippen molar-refractivity contribution >= 4 is 17.6 Å². The Morgan fingerprint density at radius 1 is 1.25 bits per heavy atom. The maximum atomic E-state index is 12.1. The van der Waals surface area contributed by atoms with E-state index in [9.17, 15) is 19.7 Å². The van der Waals surface area contributed by atoms with Gasteiger partial charge in [-0.3, -0.25) is 19.7 Å². The number of nitro benzene ring substituents is 1. The highest BCUT2D eigenvalue weighted by atomic mass is 16.6. The second kappa shape index (κ2) is 6.90. The van der Waals surface area contributed by atoms with E-state index in [1.165, 1.54) is 41.9 Å². The first-order valence-electron chi connectivity index (χ1n) is 7.13. The van der Waals surface area contributed by atoms with E-state index in [0.29, 0.717) is 5.69 Å². The van der Waals surface area contributed by atoms with Crippen molar-refractivity contribution < 1.29 is 19.6 Å². The molecule has 0 bridgehead atoms. The van der Waals surface area contributed by atoms with Crippen LogP contribution >= 0.6 is 0 Å². The molecule has 0 aliphatic carbocycles. The first kappa shape index (κ1) is 17.1. The molecule has 0 saturated carbocycles. The van der Waals surface area contributed by atoms with Crippen LogP contribution in [0.15, 0.2) is 36.5 Å². The van der Waals surface area contributed by atoms with Crippen molar-refractivity contribution in [3.63, 3.8) is 0 Å². The Morgan fingerprint density at radius 2 is 1.88 bits per heavy atom. The first-order chi connectivity index (χ1) is 11.3. The standard InChI is InChI=1S/C15H16N4O5/c1-9(15(21)22)10(2)16-14(20)13-7-8-18(17-13)11-3-5-12(6-4-11)19(23)24/h3-10H,1-2H3,(H,16,20)(H,21,22). The van der Waals surface area contributed by atoms with E-state index in [0.717, 1.165) is 0 Å². The van der Waals surface area contributed by atoms with Gasteiger partial charge in [0.2, 0.25) is 0 Å². The third kappa shape index (κ3) is 3.75. The summed E-state index contributed by atoms with van der Waals surface area (Å²) in [6.07, 6.45) is 1.54. The number of carboxylic acids is 1. The molecule has 0 aliphatic rings. The highest BCUT2D eigenvalue weighted by molar-refractivity contribution is 5.92. The number of non-ortho nitro benzene ring substituents is 1. The summed E-state index contributed by atoms with van der Waals surface area (Å²) in [5.41, 5.74) is 0.643. The zero-order chi connectivity index (χ0) is 17.9. The predicted molar refractivity (Wildman–Crippen MR) is 83.9 cm³/mol. The van der Waals surface area contributed by atoms with Gasteiger partial charge in [0.05, 0.1) is 16.5 Å². The van der Waals surface area contributed by atoms with E-state index in [2.05, 4.69) is 10.4 Å². The number of rotatable bonds is 6. The molecule has 9 heteroatoms. The summed E-state index contributed by atoms with van der Waals surface area (Å²) in [6, 6.07) is 6.64. The van der Waals surface area contributed by atoms with Crippen LogP contribution in [0.2, 0.25) is 0 Å². The fourth-order valence-corrected chi connectivity index (χ4v) is 1.94. The van der Waals surface area contributed by atoms with E-state index in [1.54, 1.807) is 13.1 Å². The number of nitro groups is 1. The summed E-state index contributed by atoms with van der Waals surface area (Å²) in [5, 5.41) is 26.2.